The highest BCUT2D eigenvalue weighted by Crippen LogP contribution is 2.16. The number of carbonyl (C=O) groups is 1. The first kappa shape index (κ1) is 19.4. The maximum Gasteiger partial charge on any atom is 0.324 e. The van der Waals surface area contributed by atoms with Crippen molar-refractivity contribution in [2.45, 2.75) is 51.2 Å². The first-order chi connectivity index (χ1) is 10.5. The molecule has 1 N–H and O–H groups in total. The number of hydrogen-bond donors (Lipinski definition) is 1. The summed E-state index contributed by atoms with van der Waals surface area (Å²) in [4.78, 5) is 12.3. The Bertz CT molecular complexity index is 655. The minimum atomic E-state index is -3.82. The predicted molar refractivity (Wildman–Crippen MR) is 91.3 cm³/mol. The average molecular weight is 339 g/mol. The van der Waals surface area contributed by atoms with Gasteiger partial charge in [0.05, 0.1) is 4.90 Å². The fraction of sp³-hybridized carbons (Fsp3) is 0.471. The van der Waals surface area contributed by atoms with E-state index in [4.69, 9.17) is 4.74 Å². The lowest BCUT2D eigenvalue weighted by atomic mass is 10.1. The van der Waals surface area contributed by atoms with Gasteiger partial charge in [-0.3, -0.25) is 4.79 Å². The van der Waals surface area contributed by atoms with Gasteiger partial charge in [0.2, 0.25) is 10.0 Å². The van der Waals surface area contributed by atoms with Crippen LogP contribution >= 0.6 is 0 Å². The van der Waals surface area contributed by atoms with Gasteiger partial charge in [0.15, 0.2) is 0 Å². The standard InChI is InChI=1S/C17H25NO4S/c1-7-13-8-10-14(11-9-13)23(20,21)18-15(12(2)3)16(19)22-17(4,5)6/h7-12,15,18H,1H2,2-6H3/t15-/m1/s1. The number of carbonyl (C=O) groups excluding carboxylic acids is 1. The van der Waals surface area contributed by atoms with Crippen molar-refractivity contribution in [1.82, 2.24) is 4.72 Å². The SMILES string of the molecule is C=Cc1ccc(S(=O)(=O)N[C@@H](C(=O)OC(C)(C)C)C(C)C)cc1. The van der Waals surface area contributed by atoms with Gasteiger partial charge >= 0.3 is 5.97 Å². The number of benzene rings is 1. The maximum absolute atomic E-state index is 12.5. The molecule has 0 fully saturated rings. The maximum atomic E-state index is 12.5. The lowest BCUT2D eigenvalue weighted by Crippen LogP contribution is -2.47. The largest absolute Gasteiger partial charge is 0.459 e. The molecule has 0 saturated heterocycles. The first-order valence-corrected chi connectivity index (χ1v) is 8.92. The van der Waals surface area contributed by atoms with Gasteiger partial charge in [-0.2, -0.15) is 4.72 Å². The molecule has 0 aliphatic carbocycles. The molecule has 0 saturated carbocycles. The van der Waals surface area contributed by atoms with Gasteiger partial charge in [-0.15, -0.1) is 0 Å². The molecular formula is C17H25NO4S. The zero-order chi connectivity index (χ0) is 17.8. The molecule has 1 atom stereocenters. The molecule has 5 nitrogen and oxygen atoms in total. The molecule has 0 amide bonds. The van der Waals surface area contributed by atoms with E-state index in [2.05, 4.69) is 11.3 Å². The molecule has 0 bridgehead atoms. The summed E-state index contributed by atoms with van der Waals surface area (Å²) in [7, 11) is -3.82. The minimum Gasteiger partial charge on any atom is -0.459 e. The monoisotopic (exact) mass is 339 g/mol. The van der Waals surface area contributed by atoms with Crippen molar-refractivity contribution in [3.8, 4) is 0 Å². The summed E-state index contributed by atoms with van der Waals surface area (Å²) in [6, 6.07) is 5.31. The van der Waals surface area contributed by atoms with Crippen molar-refractivity contribution in [1.29, 1.82) is 0 Å². The van der Waals surface area contributed by atoms with Crippen LogP contribution < -0.4 is 4.72 Å². The molecule has 128 valence electrons. The van der Waals surface area contributed by atoms with Crippen molar-refractivity contribution in [3.05, 3.63) is 36.4 Å². The lowest BCUT2D eigenvalue weighted by Gasteiger charge is -2.26. The minimum absolute atomic E-state index is 0.0947. The number of esters is 1. The number of sulfonamides is 1. The summed E-state index contributed by atoms with van der Waals surface area (Å²) >= 11 is 0. The topological polar surface area (TPSA) is 72.5 Å². The summed E-state index contributed by atoms with van der Waals surface area (Å²) in [6.45, 7) is 12.4. The number of nitrogens with one attached hydrogen (secondary N) is 1. The van der Waals surface area contributed by atoms with Crippen LogP contribution in [0.1, 0.15) is 40.2 Å². The Morgan fingerprint density at radius 1 is 1.22 bits per heavy atom. The fourth-order valence-corrected chi connectivity index (χ4v) is 3.17. The third kappa shape index (κ3) is 5.80. The second kappa shape index (κ2) is 7.27. The molecule has 0 aliphatic rings. The van der Waals surface area contributed by atoms with Gasteiger partial charge in [0.1, 0.15) is 11.6 Å². The predicted octanol–water partition coefficient (Wildman–Crippen LogP) is 2.97. The second-order valence-corrected chi connectivity index (χ2v) is 8.36. The number of hydrogen-bond acceptors (Lipinski definition) is 4. The van der Waals surface area contributed by atoms with Crippen molar-refractivity contribution < 1.29 is 17.9 Å². The van der Waals surface area contributed by atoms with Crippen LogP contribution in [0, 0.1) is 5.92 Å². The van der Waals surface area contributed by atoms with E-state index in [0.717, 1.165) is 5.56 Å². The molecule has 23 heavy (non-hydrogen) atoms. The Hall–Kier alpha value is -1.66. The van der Waals surface area contributed by atoms with Crippen LogP contribution in [0.15, 0.2) is 35.7 Å². The quantitative estimate of drug-likeness (QED) is 0.809. The zero-order valence-corrected chi connectivity index (χ0v) is 15.1. The van der Waals surface area contributed by atoms with E-state index in [1.807, 2.05) is 0 Å². The van der Waals surface area contributed by atoms with E-state index >= 15 is 0 Å². The fourth-order valence-electron chi connectivity index (χ4n) is 1.84. The smallest absolute Gasteiger partial charge is 0.324 e. The molecule has 0 radical (unpaired) electrons. The van der Waals surface area contributed by atoms with Crippen LogP contribution in [0.3, 0.4) is 0 Å². The molecule has 1 rings (SSSR count). The lowest BCUT2D eigenvalue weighted by molar-refractivity contribution is -0.158. The van der Waals surface area contributed by atoms with Crippen molar-refractivity contribution >= 4 is 22.1 Å². The molecule has 0 aliphatic heterocycles. The van der Waals surface area contributed by atoms with Gasteiger partial charge < -0.3 is 4.74 Å². The van der Waals surface area contributed by atoms with Crippen LogP contribution in [-0.4, -0.2) is 26.0 Å². The van der Waals surface area contributed by atoms with Gasteiger partial charge in [0, 0.05) is 0 Å². The molecule has 6 heteroatoms. The van der Waals surface area contributed by atoms with E-state index in [1.165, 1.54) is 12.1 Å². The van der Waals surface area contributed by atoms with Crippen molar-refractivity contribution in [3.63, 3.8) is 0 Å². The van der Waals surface area contributed by atoms with Crippen LogP contribution in [-0.2, 0) is 19.6 Å². The molecule has 0 spiro atoms. The Kier molecular flexibility index (Phi) is 6.13. The van der Waals surface area contributed by atoms with Gasteiger partial charge in [0.25, 0.3) is 0 Å². The number of rotatable bonds is 6. The summed E-state index contributed by atoms with van der Waals surface area (Å²) in [6.07, 6.45) is 1.63. The highest BCUT2D eigenvalue weighted by atomic mass is 32.2. The molecule has 0 unspecified atom stereocenters. The van der Waals surface area contributed by atoms with Gasteiger partial charge in [-0.05, 0) is 44.4 Å². The first-order valence-electron chi connectivity index (χ1n) is 7.44. The zero-order valence-electron chi connectivity index (χ0n) is 14.3. The second-order valence-electron chi connectivity index (χ2n) is 6.65. The third-order valence-electron chi connectivity index (χ3n) is 3.04. The van der Waals surface area contributed by atoms with E-state index in [1.54, 1.807) is 52.8 Å². The van der Waals surface area contributed by atoms with E-state index in [9.17, 15) is 13.2 Å². The highest BCUT2D eigenvalue weighted by Gasteiger charge is 2.32. The highest BCUT2D eigenvalue weighted by molar-refractivity contribution is 7.89. The average Bonchev–Trinajstić information content (AvgIpc) is 2.42. The summed E-state index contributed by atoms with van der Waals surface area (Å²) < 4.78 is 32.7. The van der Waals surface area contributed by atoms with Crippen LogP contribution in [0.5, 0.6) is 0 Å². The Labute approximate surface area is 138 Å². The van der Waals surface area contributed by atoms with E-state index < -0.39 is 27.6 Å². The Morgan fingerprint density at radius 2 is 1.74 bits per heavy atom. The molecule has 0 aromatic heterocycles. The summed E-state index contributed by atoms with van der Waals surface area (Å²) in [5.41, 5.74) is 0.137. The third-order valence-corrected chi connectivity index (χ3v) is 4.49. The van der Waals surface area contributed by atoms with Crippen LogP contribution in [0.4, 0.5) is 0 Å². The van der Waals surface area contributed by atoms with Crippen molar-refractivity contribution in [2.75, 3.05) is 0 Å². The van der Waals surface area contributed by atoms with Crippen LogP contribution in [0.25, 0.3) is 6.08 Å². The van der Waals surface area contributed by atoms with Gasteiger partial charge in [-0.1, -0.05) is 38.6 Å². The molecule has 1 aromatic rings. The molecule has 0 heterocycles. The van der Waals surface area contributed by atoms with Crippen LogP contribution in [0.2, 0.25) is 0 Å². The molecular weight excluding hydrogens is 314 g/mol. The van der Waals surface area contributed by atoms with E-state index in [-0.39, 0.29) is 10.8 Å². The van der Waals surface area contributed by atoms with Gasteiger partial charge in [-0.25, -0.2) is 8.42 Å². The molecule has 1 aromatic carbocycles. The summed E-state index contributed by atoms with van der Waals surface area (Å²) in [5, 5.41) is 0. The van der Waals surface area contributed by atoms with E-state index in [0.29, 0.717) is 0 Å². The normalized spacial score (nSPS) is 13.7. The summed E-state index contributed by atoms with van der Waals surface area (Å²) in [5.74, 6) is -0.828. The number of ether oxygens (including phenoxy) is 1. The Balaban J connectivity index is 3.02. The van der Waals surface area contributed by atoms with Crippen molar-refractivity contribution in [2.24, 2.45) is 5.92 Å². The Morgan fingerprint density at radius 3 is 2.13 bits per heavy atom.